The maximum atomic E-state index is 13.9. The van der Waals surface area contributed by atoms with Gasteiger partial charge in [0.2, 0.25) is 21.8 Å². The molecule has 0 unspecified atom stereocenters. The van der Waals surface area contributed by atoms with Crippen molar-refractivity contribution in [3.05, 3.63) is 112 Å². The van der Waals surface area contributed by atoms with Gasteiger partial charge in [-0.25, -0.2) is 17.8 Å². The Hall–Kier alpha value is -4.00. The number of halogens is 5. The number of hydrogen-bond acceptors (Lipinski definition) is 5. The van der Waals surface area contributed by atoms with Gasteiger partial charge in [-0.15, -0.1) is 0 Å². The molecule has 218 valence electrons. The number of carbonyl (C=O) groups excluding carboxylic acids is 1. The fourth-order valence-electron chi connectivity index (χ4n) is 4.57. The summed E-state index contributed by atoms with van der Waals surface area (Å²) in [6, 6.07) is 16.6. The molecule has 1 aromatic heterocycles. The second-order valence-electron chi connectivity index (χ2n) is 9.43. The fraction of sp³-hybridized carbons (Fsp3) is 0.172. The zero-order chi connectivity index (χ0) is 30.1. The average Bonchev–Trinajstić information content (AvgIpc) is 2.94. The van der Waals surface area contributed by atoms with Crippen molar-refractivity contribution in [2.45, 2.75) is 30.5 Å². The van der Waals surface area contributed by atoms with Crippen LogP contribution in [0.25, 0.3) is 0 Å². The van der Waals surface area contributed by atoms with Gasteiger partial charge in [-0.1, -0.05) is 29.8 Å². The molecule has 3 aromatic carbocycles. The van der Waals surface area contributed by atoms with Crippen LogP contribution in [0.3, 0.4) is 0 Å². The Morgan fingerprint density at radius 3 is 2.48 bits per heavy atom. The number of rotatable bonds is 7. The highest BCUT2D eigenvalue weighted by atomic mass is 35.5. The molecule has 0 aliphatic carbocycles. The van der Waals surface area contributed by atoms with Crippen molar-refractivity contribution in [3.8, 4) is 11.6 Å². The smallest absolute Gasteiger partial charge is 0.419 e. The molecular formula is C29H22ClF4N3O4S. The number of anilines is 1. The van der Waals surface area contributed by atoms with E-state index in [1.54, 1.807) is 30.5 Å². The van der Waals surface area contributed by atoms with Gasteiger partial charge in [0, 0.05) is 25.4 Å². The summed E-state index contributed by atoms with van der Waals surface area (Å²) in [6.45, 7) is 0.128. The van der Waals surface area contributed by atoms with Crippen LogP contribution in [0.4, 0.5) is 23.2 Å². The summed E-state index contributed by atoms with van der Waals surface area (Å²) in [5.74, 6) is -1.30. The van der Waals surface area contributed by atoms with Crippen LogP contribution in [0.15, 0.2) is 83.9 Å². The number of nitrogens with one attached hydrogen (secondary N) is 1. The minimum absolute atomic E-state index is 0.0218. The van der Waals surface area contributed by atoms with E-state index in [-0.39, 0.29) is 40.7 Å². The molecule has 0 bridgehead atoms. The Morgan fingerprint density at radius 1 is 1.05 bits per heavy atom. The van der Waals surface area contributed by atoms with Crippen molar-refractivity contribution in [1.29, 1.82) is 0 Å². The molecule has 13 heteroatoms. The van der Waals surface area contributed by atoms with Crippen LogP contribution in [-0.2, 0) is 40.4 Å². The van der Waals surface area contributed by atoms with E-state index in [2.05, 4.69) is 10.3 Å². The van der Waals surface area contributed by atoms with E-state index in [1.807, 2.05) is 0 Å². The quantitative estimate of drug-likeness (QED) is 0.235. The Balaban J connectivity index is 1.29. The van der Waals surface area contributed by atoms with E-state index in [4.69, 9.17) is 16.3 Å². The van der Waals surface area contributed by atoms with Crippen molar-refractivity contribution >= 4 is 33.2 Å². The van der Waals surface area contributed by atoms with Gasteiger partial charge >= 0.3 is 6.18 Å². The average molecular weight is 620 g/mol. The van der Waals surface area contributed by atoms with E-state index in [9.17, 15) is 30.8 Å². The minimum Gasteiger partial charge on any atom is -0.439 e. The van der Waals surface area contributed by atoms with Crippen LogP contribution < -0.4 is 10.1 Å². The van der Waals surface area contributed by atoms with Crippen LogP contribution in [0.2, 0.25) is 5.02 Å². The van der Waals surface area contributed by atoms with E-state index in [0.29, 0.717) is 34.9 Å². The van der Waals surface area contributed by atoms with Gasteiger partial charge in [0.15, 0.2) is 0 Å². The van der Waals surface area contributed by atoms with Gasteiger partial charge in [-0.3, -0.25) is 4.79 Å². The fourth-order valence-corrected chi connectivity index (χ4v) is 6.21. The van der Waals surface area contributed by atoms with E-state index < -0.39 is 39.9 Å². The molecule has 5 rings (SSSR count). The molecule has 1 aliphatic heterocycles. The first kappa shape index (κ1) is 29.5. The summed E-state index contributed by atoms with van der Waals surface area (Å²) in [4.78, 5) is 16.9. The maximum absolute atomic E-state index is 13.9. The highest BCUT2D eigenvalue weighted by Crippen LogP contribution is 2.35. The molecule has 0 fully saturated rings. The molecule has 2 heterocycles. The lowest BCUT2D eigenvalue weighted by Gasteiger charge is -2.30. The number of sulfonamides is 1. The zero-order valence-corrected chi connectivity index (χ0v) is 23.2. The zero-order valence-electron chi connectivity index (χ0n) is 21.7. The molecule has 1 amide bonds. The summed E-state index contributed by atoms with van der Waals surface area (Å²) < 4.78 is 86.2. The third kappa shape index (κ3) is 6.40. The second-order valence-corrected chi connectivity index (χ2v) is 11.8. The SMILES string of the molecule is O=C(Cc1ccc(C(F)(F)F)c(F)c1)Nc1c(Cl)ccc2c1CCN(S(=O)(=O)c1ccc(Oc3ccccn3)cc1)C2. The molecule has 0 radical (unpaired) electrons. The van der Waals surface area contributed by atoms with E-state index >= 15 is 0 Å². The molecule has 0 atom stereocenters. The van der Waals surface area contributed by atoms with Crippen LogP contribution >= 0.6 is 11.6 Å². The summed E-state index contributed by atoms with van der Waals surface area (Å²) >= 11 is 6.35. The highest BCUT2D eigenvalue weighted by Gasteiger charge is 2.34. The van der Waals surface area contributed by atoms with Crippen LogP contribution in [0.5, 0.6) is 11.6 Å². The molecule has 0 saturated carbocycles. The largest absolute Gasteiger partial charge is 0.439 e. The van der Waals surface area contributed by atoms with Crippen molar-refractivity contribution in [2.75, 3.05) is 11.9 Å². The van der Waals surface area contributed by atoms with E-state index in [1.165, 1.54) is 34.6 Å². The number of hydrogen-bond donors (Lipinski definition) is 1. The first-order valence-corrected chi connectivity index (χ1v) is 14.4. The molecule has 0 saturated heterocycles. The van der Waals surface area contributed by atoms with Crippen molar-refractivity contribution in [1.82, 2.24) is 9.29 Å². The molecule has 7 nitrogen and oxygen atoms in total. The number of carbonyl (C=O) groups is 1. The van der Waals surface area contributed by atoms with Crippen LogP contribution in [-0.4, -0.2) is 30.2 Å². The van der Waals surface area contributed by atoms with Gasteiger partial charge in [0.1, 0.15) is 11.6 Å². The third-order valence-electron chi connectivity index (χ3n) is 6.61. The summed E-state index contributed by atoms with van der Waals surface area (Å²) in [6.07, 6.45) is -3.43. The van der Waals surface area contributed by atoms with Gasteiger partial charge in [-0.05, 0) is 71.6 Å². The van der Waals surface area contributed by atoms with E-state index in [0.717, 1.165) is 6.07 Å². The standard InChI is InChI=1S/C29H22ClF4N3O4S/c30-24-11-5-19-17-37(42(39,40)21-8-6-20(7-9-21)41-27-3-1-2-13-35-27)14-12-22(19)28(24)36-26(38)16-18-4-10-23(25(31)15-18)29(32,33)34/h1-11,13,15H,12,14,16-17H2,(H,36,38). The van der Waals surface area contributed by atoms with Crippen LogP contribution in [0, 0.1) is 5.82 Å². The molecule has 42 heavy (non-hydrogen) atoms. The number of fused-ring (bicyclic) bond motifs is 1. The summed E-state index contributed by atoms with van der Waals surface area (Å²) in [5.41, 5.74) is 0.174. The van der Waals surface area contributed by atoms with Crippen molar-refractivity contribution in [3.63, 3.8) is 0 Å². The van der Waals surface area contributed by atoms with Gasteiger partial charge in [-0.2, -0.15) is 17.5 Å². The first-order chi connectivity index (χ1) is 19.9. The van der Waals surface area contributed by atoms with Gasteiger partial charge in [0.25, 0.3) is 0 Å². The Bertz CT molecular complexity index is 1730. The monoisotopic (exact) mass is 619 g/mol. The molecule has 0 spiro atoms. The number of alkyl halides is 3. The molecule has 1 aliphatic rings. The highest BCUT2D eigenvalue weighted by molar-refractivity contribution is 7.89. The van der Waals surface area contributed by atoms with Crippen molar-refractivity contribution < 1.29 is 35.5 Å². The Kier molecular flexibility index (Phi) is 8.22. The lowest BCUT2D eigenvalue weighted by atomic mass is 9.98. The number of pyridine rings is 1. The lowest BCUT2D eigenvalue weighted by molar-refractivity contribution is -0.140. The van der Waals surface area contributed by atoms with Gasteiger partial charge < -0.3 is 10.1 Å². The minimum atomic E-state index is -4.85. The Labute approximate surface area is 243 Å². The predicted octanol–water partition coefficient (Wildman–Crippen LogP) is 6.61. The summed E-state index contributed by atoms with van der Waals surface area (Å²) in [7, 11) is -3.87. The number of aromatic nitrogens is 1. The molecule has 4 aromatic rings. The lowest BCUT2D eigenvalue weighted by Crippen LogP contribution is -2.36. The maximum Gasteiger partial charge on any atom is 0.419 e. The first-order valence-electron chi connectivity index (χ1n) is 12.6. The summed E-state index contributed by atoms with van der Waals surface area (Å²) in [5, 5.41) is 2.87. The van der Waals surface area contributed by atoms with Crippen molar-refractivity contribution in [2.24, 2.45) is 0 Å². The number of benzene rings is 3. The molecule has 1 N–H and O–H groups in total. The predicted molar refractivity (Wildman–Crippen MR) is 147 cm³/mol. The normalized spacial score (nSPS) is 13.8. The van der Waals surface area contributed by atoms with Gasteiger partial charge in [0.05, 0.1) is 27.6 Å². The number of nitrogens with zero attached hydrogens (tertiary/aromatic N) is 2. The molecular weight excluding hydrogens is 598 g/mol. The topological polar surface area (TPSA) is 88.6 Å². The van der Waals surface area contributed by atoms with Crippen LogP contribution in [0.1, 0.15) is 22.3 Å². The number of amides is 1. The number of ether oxygens (including phenoxy) is 1. The second kappa shape index (κ2) is 11.7. The Morgan fingerprint density at radius 2 is 1.81 bits per heavy atom. The third-order valence-corrected chi connectivity index (χ3v) is 8.78.